The Labute approximate surface area is 194 Å². The first-order chi connectivity index (χ1) is 16.1. The molecule has 0 atom stereocenters. The van der Waals surface area contributed by atoms with Gasteiger partial charge in [0, 0.05) is 18.5 Å². The van der Waals surface area contributed by atoms with Crippen LogP contribution in [-0.4, -0.2) is 45.3 Å². The van der Waals surface area contributed by atoms with Gasteiger partial charge in [0.15, 0.2) is 11.5 Å². The van der Waals surface area contributed by atoms with Crippen molar-refractivity contribution in [2.75, 3.05) is 34.5 Å². The number of carbonyl (C=O) groups is 1. The average Bonchev–Trinajstić information content (AvgIpc) is 3.09. The Hall–Kier alpha value is -3.67. The number of hydrogen-bond donors (Lipinski definition) is 0. The summed E-state index contributed by atoms with van der Waals surface area (Å²) in [6, 6.07) is 19.7. The lowest BCUT2D eigenvalue weighted by molar-refractivity contribution is -0.131. The molecule has 3 aromatic carbocycles. The van der Waals surface area contributed by atoms with Crippen molar-refractivity contribution >= 4 is 5.91 Å². The summed E-state index contributed by atoms with van der Waals surface area (Å²) in [6.07, 6.45) is 1.03. The highest BCUT2D eigenvalue weighted by molar-refractivity contribution is 5.77. The van der Waals surface area contributed by atoms with Crippen LogP contribution in [0.5, 0.6) is 23.0 Å². The third-order valence-corrected chi connectivity index (χ3v) is 5.88. The number of amides is 1. The number of para-hydroxylation sites is 1. The zero-order valence-electron chi connectivity index (χ0n) is 19.3. The minimum Gasteiger partial charge on any atom is -0.497 e. The minimum atomic E-state index is 0.0862. The molecule has 3 aromatic rings. The first kappa shape index (κ1) is 22.5. The maximum atomic E-state index is 13.1. The van der Waals surface area contributed by atoms with Gasteiger partial charge in [-0.3, -0.25) is 4.79 Å². The van der Waals surface area contributed by atoms with Crippen LogP contribution in [0.15, 0.2) is 60.7 Å². The summed E-state index contributed by atoms with van der Waals surface area (Å²) < 4.78 is 22.5. The van der Waals surface area contributed by atoms with Crippen LogP contribution in [0, 0.1) is 0 Å². The molecule has 1 aliphatic heterocycles. The third kappa shape index (κ3) is 5.06. The molecule has 0 spiro atoms. The summed E-state index contributed by atoms with van der Waals surface area (Å²) in [7, 11) is 4.94. The van der Waals surface area contributed by atoms with Gasteiger partial charge >= 0.3 is 0 Å². The van der Waals surface area contributed by atoms with E-state index in [1.807, 2.05) is 59.5 Å². The van der Waals surface area contributed by atoms with E-state index in [2.05, 4.69) is 6.07 Å². The predicted molar refractivity (Wildman–Crippen MR) is 127 cm³/mol. The van der Waals surface area contributed by atoms with Crippen molar-refractivity contribution in [2.24, 2.45) is 0 Å². The lowest BCUT2D eigenvalue weighted by Gasteiger charge is -2.20. The summed E-state index contributed by atoms with van der Waals surface area (Å²) >= 11 is 0. The van der Waals surface area contributed by atoms with Crippen LogP contribution in [0.1, 0.15) is 17.5 Å². The van der Waals surface area contributed by atoms with Crippen molar-refractivity contribution in [1.29, 1.82) is 0 Å². The smallest absolute Gasteiger partial charge is 0.223 e. The molecule has 6 heteroatoms. The molecule has 6 nitrogen and oxygen atoms in total. The second kappa shape index (κ2) is 10.3. The number of hydrogen-bond acceptors (Lipinski definition) is 5. The van der Waals surface area contributed by atoms with Crippen LogP contribution in [0.3, 0.4) is 0 Å². The normalized spacial score (nSPS) is 12.9. The number of benzene rings is 3. The van der Waals surface area contributed by atoms with Crippen molar-refractivity contribution in [2.45, 2.75) is 19.4 Å². The van der Waals surface area contributed by atoms with Crippen LogP contribution >= 0.6 is 0 Å². The molecule has 4 rings (SSSR count). The molecule has 0 saturated carbocycles. The Morgan fingerprint density at radius 1 is 0.909 bits per heavy atom. The summed E-state index contributed by atoms with van der Waals surface area (Å²) in [6.45, 7) is 1.41. The second-order valence-corrected chi connectivity index (χ2v) is 7.87. The SMILES string of the molecule is COc1cccc(-c2cc3c(c(OC)c2)OCCN(C(=O)CCc2ccccc2OC)C3)c1. The fraction of sp³-hybridized carbons (Fsp3) is 0.296. The van der Waals surface area contributed by atoms with Gasteiger partial charge in [-0.15, -0.1) is 0 Å². The van der Waals surface area contributed by atoms with Gasteiger partial charge in [0.2, 0.25) is 5.91 Å². The number of methoxy groups -OCH3 is 3. The van der Waals surface area contributed by atoms with Crippen LogP contribution in [0.25, 0.3) is 11.1 Å². The molecule has 1 aliphatic rings. The number of nitrogens with zero attached hydrogens (tertiary/aromatic N) is 1. The number of rotatable bonds is 7. The molecule has 0 unspecified atom stereocenters. The van der Waals surface area contributed by atoms with Gasteiger partial charge in [-0.05, 0) is 53.4 Å². The molecule has 0 radical (unpaired) electrons. The summed E-state index contributed by atoms with van der Waals surface area (Å²) in [5.74, 6) is 3.04. The molecule has 0 fully saturated rings. The molecular formula is C27H29NO5. The zero-order valence-corrected chi connectivity index (χ0v) is 19.3. The van der Waals surface area contributed by atoms with E-state index in [1.165, 1.54) is 0 Å². The summed E-state index contributed by atoms with van der Waals surface area (Å²) in [5, 5.41) is 0. The fourth-order valence-electron chi connectivity index (χ4n) is 4.13. The van der Waals surface area contributed by atoms with Crippen LogP contribution in [-0.2, 0) is 17.8 Å². The first-order valence-corrected chi connectivity index (χ1v) is 11.0. The molecular weight excluding hydrogens is 418 g/mol. The van der Waals surface area contributed by atoms with E-state index in [1.54, 1.807) is 21.3 Å². The maximum Gasteiger partial charge on any atom is 0.223 e. The lowest BCUT2D eigenvalue weighted by Crippen LogP contribution is -2.32. The number of fused-ring (bicyclic) bond motifs is 1. The Bertz CT molecular complexity index is 1130. The minimum absolute atomic E-state index is 0.0862. The summed E-state index contributed by atoms with van der Waals surface area (Å²) in [5.41, 5.74) is 3.95. The van der Waals surface area contributed by atoms with E-state index in [-0.39, 0.29) is 5.91 Å². The van der Waals surface area contributed by atoms with Gasteiger partial charge in [-0.1, -0.05) is 30.3 Å². The van der Waals surface area contributed by atoms with Gasteiger partial charge in [0.05, 0.1) is 27.9 Å². The van der Waals surface area contributed by atoms with E-state index in [0.29, 0.717) is 44.0 Å². The predicted octanol–water partition coefficient (Wildman–Crippen LogP) is 4.73. The standard InChI is InChI=1S/C27H29NO5/c1-30-23-9-6-8-20(16-23)21-15-22-18-28(13-14-33-27(22)25(17-21)32-3)26(29)12-11-19-7-4-5-10-24(19)31-2/h4-10,15-17H,11-14,18H2,1-3H3. The molecule has 1 amide bonds. The van der Waals surface area contributed by atoms with Crippen molar-refractivity contribution in [3.63, 3.8) is 0 Å². The van der Waals surface area contributed by atoms with Gasteiger partial charge < -0.3 is 23.8 Å². The average molecular weight is 448 g/mol. The Morgan fingerprint density at radius 2 is 1.73 bits per heavy atom. The van der Waals surface area contributed by atoms with Gasteiger partial charge in [-0.25, -0.2) is 0 Å². The molecule has 0 saturated heterocycles. The molecule has 172 valence electrons. The Balaban J connectivity index is 1.57. The molecule has 1 heterocycles. The van der Waals surface area contributed by atoms with E-state index in [0.717, 1.165) is 33.8 Å². The van der Waals surface area contributed by atoms with Crippen molar-refractivity contribution in [1.82, 2.24) is 4.90 Å². The molecule has 0 aliphatic carbocycles. The number of ether oxygens (including phenoxy) is 4. The van der Waals surface area contributed by atoms with E-state index in [4.69, 9.17) is 18.9 Å². The van der Waals surface area contributed by atoms with E-state index < -0.39 is 0 Å². The maximum absolute atomic E-state index is 13.1. The van der Waals surface area contributed by atoms with Crippen LogP contribution in [0.2, 0.25) is 0 Å². The largest absolute Gasteiger partial charge is 0.497 e. The monoisotopic (exact) mass is 447 g/mol. The third-order valence-electron chi connectivity index (χ3n) is 5.88. The number of carbonyl (C=O) groups excluding carboxylic acids is 1. The van der Waals surface area contributed by atoms with Gasteiger partial charge in [0.1, 0.15) is 18.1 Å². The van der Waals surface area contributed by atoms with E-state index >= 15 is 0 Å². The highest BCUT2D eigenvalue weighted by Gasteiger charge is 2.23. The van der Waals surface area contributed by atoms with Crippen LogP contribution in [0.4, 0.5) is 0 Å². The van der Waals surface area contributed by atoms with Gasteiger partial charge in [-0.2, -0.15) is 0 Å². The van der Waals surface area contributed by atoms with Crippen LogP contribution < -0.4 is 18.9 Å². The quantitative estimate of drug-likeness (QED) is 0.524. The number of aryl methyl sites for hydroxylation is 1. The molecule has 33 heavy (non-hydrogen) atoms. The molecule has 0 N–H and O–H groups in total. The zero-order chi connectivity index (χ0) is 23.2. The summed E-state index contributed by atoms with van der Waals surface area (Å²) in [4.78, 5) is 15.0. The molecule has 0 aromatic heterocycles. The Kier molecular flexibility index (Phi) is 7.03. The van der Waals surface area contributed by atoms with E-state index in [9.17, 15) is 4.79 Å². The van der Waals surface area contributed by atoms with Crippen molar-refractivity contribution in [3.8, 4) is 34.1 Å². The highest BCUT2D eigenvalue weighted by Crippen LogP contribution is 2.39. The fourth-order valence-corrected chi connectivity index (χ4v) is 4.13. The second-order valence-electron chi connectivity index (χ2n) is 7.87. The highest BCUT2D eigenvalue weighted by atomic mass is 16.5. The molecule has 0 bridgehead atoms. The van der Waals surface area contributed by atoms with Crippen molar-refractivity contribution < 1.29 is 23.7 Å². The van der Waals surface area contributed by atoms with Gasteiger partial charge in [0.25, 0.3) is 0 Å². The van der Waals surface area contributed by atoms with Crippen molar-refractivity contribution in [3.05, 3.63) is 71.8 Å². The topological polar surface area (TPSA) is 57.2 Å². The Morgan fingerprint density at radius 3 is 2.52 bits per heavy atom. The first-order valence-electron chi connectivity index (χ1n) is 11.0. The lowest BCUT2D eigenvalue weighted by atomic mass is 10.0.